The van der Waals surface area contributed by atoms with Crippen LogP contribution < -0.4 is 5.73 Å². The van der Waals surface area contributed by atoms with Gasteiger partial charge in [-0.3, -0.25) is 0 Å². The number of hydrogen-bond acceptors (Lipinski definition) is 4. The monoisotopic (exact) mass is 259 g/mol. The number of nitrogens with zero attached hydrogens (tertiary/aromatic N) is 2. The molecule has 0 aliphatic carbocycles. The lowest BCUT2D eigenvalue weighted by molar-refractivity contribution is 0.0519. The van der Waals surface area contributed by atoms with Gasteiger partial charge in [0.25, 0.3) is 0 Å². The molecule has 1 heterocycles. The number of carbonyl (C=O) groups is 1. The normalized spacial score (nSPS) is 10.5. The first kappa shape index (κ1) is 13.1. The average molecular weight is 259 g/mol. The van der Waals surface area contributed by atoms with Crippen LogP contribution in [-0.2, 0) is 4.74 Å². The molecule has 0 spiro atoms. The van der Waals surface area contributed by atoms with E-state index in [1.165, 1.54) is 11.6 Å². The van der Waals surface area contributed by atoms with E-state index in [2.05, 4.69) is 5.10 Å². The quantitative estimate of drug-likeness (QED) is 0.858. The van der Waals surface area contributed by atoms with Crippen molar-refractivity contribution < 1.29 is 9.53 Å². The largest absolute Gasteiger partial charge is 0.461 e. The molecule has 1 aromatic heterocycles. The van der Waals surface area contributed by atoms with Gasteiger partial charge in [-0.2, -0.15) is 5.10 Å². The first-order chi connectivity index (χ1) is 9.02. The minimum absolute atomic E-state index is 0.220. The predicted molar refractivity (Wildman–Crippen MR) is 73.4 cm³/mol. The summed E-state index contributed by atoms with van der Waals surface area (Å²) in [5.74, 6) is -0.0527. The molecular weight excluding hydrogens is 242 g/mol. The van der Waals surface area contributed by atoms with Crippen LogP contribution >= 0.6 is 0 Å². The summed E-state index contributed by atoms with van der Waals surface area (Å²) in [6.07, 6.45) is 0. The van der Waals surface area contributed by atoms with Gasteiger partial charge in [0.15, 0.2) is 5.69 Å². The molecule has 100 valence electrons. The number of aromatic nitrogens is 2. The van der Waals surface area contributed by atoms with E-state index in [1.807, 2.05) is 32.0 Å². The van der Waals surface area contributed by atoms with E-state index in [1.54, 1.807) is 11.6 Å². The Hall–Kier alpha value is -2.30. The summed E-state index contributed by atoms with van der Waals surface area (Å²) < 4.78 is 6.45. The highest BCUT2D eigenvalue weighted by Crippen LogP contribution is 2.18. The van der Waals surface area contributed by atoms with E-state index in [4.69, 9.17) is 10.5 Å². The molecule has 5 heteroatoms. The minimum Gasteiger partial charge on any atom is -0.461 e. The third-order valence-electron chi connectivity index (χ3n) is 2.96. The van der Waals surface area contributed by atoms with Crippen molar-refractivity contribution in [1.82, 2.24) is 9.78 Å². The Kier molecular flexibility index (Phi) is 3.55. The molecule has 0 atom stereocenters. The molecule has 0 bridgehead atoms. The molecular formula is C14H17N3O2. The van der Waals surface area contributed by atoms with Gasteiger partial charge in [0.2, 0.25) is 0 Å². The second-order valence-corrected chi connectivity index (χ2v) is 4.36. The zero-order valence-electron chi connectivity index (χ0n) is 11.3. The Morgan fingerprint density at radius 2 is 2.05 bits per heavy atom. The number of benzene rings is 1. The van der Waals surface area contributed by atoms with Crippen LogP contribution in [0.2, 0.25) is 0 Å². The summed E-state index contributed by atoms with van der Waals surface area (Å²) in [7, 11) is 0. The third kappa shape index (κ3) is 2.59. The zero-order chi connectivity index (χ0) is 14.0. The van der Waals surface area contributed by atoms with Gasteiger partial charge < -0.3 is 10.5 Å². The lowest BCUT2D eigenvalue weighted by atomic mass is 10.1. The van der Waals surface area contributed by atoms with Crippen molar-refractivity contribution in [2.24, 2.45) is 0 Å². The van der Waals surface area contributed by atoms with Gasteiger partial charge in [-0.25, -0.2) is 9.48 Å². The Bertz CT molecular complexity index is 617. The van der Waals surface area contributed by atoms with Crippen LogP contribution in [0.4, 0.5) is 5.82 Å². The topological polar surface area (TPSA) is 70.1 Å². The molecule has 0 saturated carbocycles. The second-order valence-electron chi connectivity index (χ2n) is 4.36. The van der Waals surface area contributed by atoms with Crippen LogP contribution in [0.3, 0.4) is 0 Å². The Morgan fingerprint density at radius 3 is 2.68 bits per heavy atom. The Morgan fingerprint density at radius 1 is 1.32 bits per heavy atom. The van der Waals surface area contributed by atoms with Crippen LogP contribution in [0.1, 0.15) is 28.5 Å². The van der Waals surface area contributed by atoms with Gasteiger partial charge >= 0.3 is 5.97 Å². The lowest BCUT2D eigenvalue weighted by Crippen LogP contribution is -2.07. The molecule has 0 radical (unpaired) electrons. The van der Waals surface area contributed by atoms with Crippen molar-refractivity contribution in [2.75, 3.05) is 12.3 Å². The highest BCUT2D eigenvalue weighted by molar-refractivity contribution is 5.88. The molecule has 19 heavy (non-hydrogen) atoms. The third-order valence-corrected chi connectivity index (χ3v) is 2.96. The van der Waals surface area contributed by atoms with E-state index in [0.29, 0.717) is 12.4 Å². The van der Waals surface area contributed by atoms with Crippen molar-refractivity contribution in [3.63, 3.8) is 0 Å². The summed E-state index contributed by atoms with van der Waals surface area (Å²) in [6, 6.07) is 7.41. The molecule has 5 nitrogen and oxygen atoms in total. The molecule has 2 N–H and O–H groups in total. The number of hydrogen-bond donors (Lipinski definition) is 1. The molecule has 0 saturated heterocycles. The Balaban J connectivity index is 2.40. The number of aryl methyl sites for hydroxylation is 2. The molecule has 0 fully saturated rings. The number of carbonyl (C=O) groups excluding carboxylic acids is 1. The number of nitrogens with two attached hydrogens (primary N) is 1. The second kappa shape index (κ2) is 5.14. The van der Waals surface area contributed by atoms with Crippen molar-refractivity contribution >= 4 is 11.8 Å². The molecule has 2 rings (SSSR count). The SMILES string of the molecule is CCOC(=O)c1cc(N)n(-c2ccc(C)c(C)c2)n1. The first-order valence-corrected chi connectivity index (χ1v) is 6.13. The van der Waals surface area contributed by atoms with E-state index >= 15 is 0 Å². The molecule has 0 aliphatic rings. The summed E-state index contributed by atoms with van der Waals surface area (Å²) in [4.78, 5) is 11.6. The molecule has 0 amide bonds. The Labute approximate surface area is 112 Å². The first-order valence-electron chi connectivity index (χ1n) is 6.13. The average Bonchev–Trinajstić information content (AvgIpc) is 2.75. The molecule has 0 unspecified atom stereocenters. The summed E-state index contributed by atoms with van der Waals surface area (Å²) in [5, 5.41) is 4.19. The van der Waals surface area contributed by atoms with Gasteiger partial charge in [-0.05, 0) is 44.0 Å². The molecule has 0 aliphatic heterocycles. The number of rotatable bonds is 3. The van der Waals surface area contributed by atoms with Crippen molar-refractivity contribution in [1.29, 1.82) is 0 Å². The summed E-state index contributed by atoms with van der Waals surface area (Å²) in [6.45, 7) is 6.12. The van der Waals surface area contributed by atoms with Crippen molar-refractivity contribution in [3.8, 4) is 5.69 Å². The minimum atomic E-state index is -0.461. The van der Waals surface area contributed by atoms with E-state index in [0.717, 1.165) is 11.3 Å². The predicted octanol–water partition coefficient (Wildman–Crippen LogP) is 2.25. The fourth-order valence-corrected chi connectivity index (χ4v) is 1.76. The maximum atomic E-state index is 11.6. The van der Waals surface area contributed by atoms with Crippen LogP contribution in [0.5, 0.6) is 0 Å². The molecule has 2 aromatic rings. The van der Waals surface area contributed by atoms with Gasteiger partial charge in [-0.1, -0.05) is 6.07 Å². The van der Waals surface area contributed by atoms with E-state index in [-0.39, 0.29) is 5.69 Å². The van der Waals surface area contributed by atoms with Crippen LogP contribution in [0, 0.1) is 13.8 Å². The highest BCUT2D eigenvalue weighted by atomic mass is 16.5. The van der Waals surface area contributed by atoms with E-state index < -0.39 is 5.97 Å². The lowest BCUT2D eigenvalue weighted by Gasteiger charge is -2.06. The number of nitrogen functional groups attached to an aromatic ring is 1. The smallest absolute Gasteiger partial charge is 0.358 e. The highest BCUT2D eigenvalue weighted by Gasteiger charge is 2.14. The number of ether oxygens (including phenoxy) is 1. The maximum Gasteiger partial charge on any atom is 0.358 e. The van der Waals surface area contributed by atoms with Crippen molar-refractivity contribution in [2.45, 2.75) is 20.8 Å². The van der Waals surface area contributed by atoms with Gasteiger partial charge in [-0.15, -0.1) is 0 Å². The fraction of sp³-hybridized carbons (Fsp3) is 0.286. The number of anilines is 1. The van der Waals surface area contributed by atoms with Crippen LogP contribution in [0.15, 0.2) is 24.3 Å². The van der Waals surface area contributed by atoms with Crippen LogP contribution in [-0.4, -0.2) is 22.4 Å². The van der Waals surface area contributed by atoms with Gasteiger partial charge in [0, 0.05) is 6.07 Å². The summed E-state index contributed by atoms with van der Waals surface area (Å²) >= 11 is 0. The standard InChI is InChI=1S/C14H17N3O2/c1-4-19-14(18)12-8-13(15)17(16-12)11-6-5-9(2)10(3)7-11/h5-8H,4,15H2,1-3H3. The number of esters is 1. The zero-order valence-corrected chi connectivity index (χ0v) is 11.3. The van der Waals surface area contributed by atoms with Gasteiger partial charge in [0.1, 0.15) is 5.82 Å². The summed E-state index contributed by atoms with van der Waals surface area (Å²) in [5.41, 5.74) is 9.28. The van der Waals surface area contributed by atoms with Crippen molar-refractivity contribution in [3.05, 3.63) is 41.1 Å². The van der Waals surface area contributed by atoms with Gasteiger partial charge in [0.05, 0.1) is 12.3 Å². The molecule has 1 aromatic carbocycles. The van der Waals surface area contributed by atoms with Crippen LogP contribution in [0.25, 0.3) is 5.69 Å². The maximum absolute atomic E-state index is 11.6. The fourth-order valence-electron chi connectivity index (χ4n) is 1.76. The van der Waals surface area contributed by atoms with E-state index in [9.17, 15) is 4.79 Å².